The minimum absolute atomic E-state index is 0.389. The molecule has 0 amide bonds. The number of likely N-dealkylation sites (tertiary alicyclic amines) is 1. The summed E-state index contributed by atoms with van der Waals surface area (Å²) in [5, 5.41) is 0. The minimum Gasteiger partial charge on any atom is -0.381 e. The van der Waals surface area contributed by atoms with Crippen LogP contribution in [-0.4, -0.2) is 43.9 Å². The third kappa shape index (κ3) is 2.45. The molecule has 0 aromatic rings. The summed E-state index contributed by atoms with van der Waals surface area (Å²) >= 11 is 0. The van der Waals surface area contributed by atoms with Gasteiger partial charge in [0.25, 0.3) is 0 Å². The van der Waals surface area contributed by atoms with Crippen LogP contribution >= 0.6 is 0 Å². The summed E-state index contributed by atoms with van der Waals surface area (Å²) in [5.74, 6) is 0. The van der Waals surface area contributed by atoms with Crippen LogP contribution in [0.1, 0.15) is 26.2 Å². The summed E-state index contributed by atoms with van der Waals surface area (Å²) in [6.45, 7) is 6.34. The van der Waals surface area contributed by atoms with E-state index >= 15 is 0 Å². The van der Waals surface area contributed by atoms with Gasteiger partial charge in [-0.15, -0.1) is 0 Å². The first-order chi connectivity index (χ1) is 6.74. The molecular formula is C11H20FNO. The molecule has 0 radical (unpaired) electrons. The van der Waals surface area contributed by atoms with Gasteiger partial charge >= 0.3 is 0 Å². The maximum absolute atomic E-state index is 12.9. The number of hydrogen-bond donors (Lipinski definition) is 0. The van der Waals surface area contributed by atoms with E-state index in [1.807, 2.05) is 6.92 Å². The van der Waals surface area contributed by atoms with E-state index in [9.17, 15) is 4.39 Å². The Kier molecular flexibility index (Phi) is 3.07. The molecule has 82 valence electrons. The molecular weight excluding hydrogens is 181 g/mol. The van der Waals surface area contributed by atoms with Crippen LogP contribution in [0.4, 0.5) is 4.39 Å². The number of ether oxygens (including phenoxy) is 1. The lowest BCUT2D eigenvalue weighted by molar-refractivity contribution is 0.0820. The van der Waals surface area contributed by atoms with Gasteiger partial charge in [-0.25, -0.2) is 4.39 Å². The SMILES string of the molecule is CCOCC1(CN2CC[C@@H](F)C2)CC1. The lowest BCUT2D eigenvalue weighted by Crippen LogP contribution is -2.31. The third-order valence-corrected chi connectivity index (χ3v) is 3.34. The molecule has 0 aromatic carbocycles. The van der Waals surface area contributed by atoms with E-state index in [2.05, 4.69) is 4.90 Å². The van der Waals surface area contributed by atoms with Gasteiger partial charge in [-0.2, -0.15) is 0 Å². The monoisotopic (exact) mass is 201 g/mol. The van der Waals surface area contributed by atoms with E-state index in [4.69, 9.17) is 4.74 Å². The van der Waals surface area contributed by atoms with Gasteiger partial charge < -0.3 is 4.74 Å². The zero-order valence-electron chi connectivity index (χ0n) is 8.97. The maximum atomic E-state index is 12.9. The Morgan fingerprint density at radius 2 is 2.29 bits per heavy atom. The molecule has 1 aliphatic carbocycles. The predicted molar refractivity (Wildman–Crippen MR) is 54.1 cm³/mol. The minimum atomic E-state index is -0.585. The van der Waals surface area contributed by atoms with Crippen LogP contribution in [0.2, 0.25) is 0 Å². The van der Waals surface area contributed by atoms with E-state index in [-0.39, 0.29) is 0 Å². The van der Waals surface area contributed by atoms with Gasteiger partial charge in [-0.1, -0.05) is 0 Å². The Balaban J connectivity index is 1.73. The summed E-state index contributed by atoms with van der Waals surface area (Å²) < 4.78 is 18.4. The fraction of sp³-hybridized carbons (Fsp3) is 1.00. The molecule has 1 heterocycles. The molecule has 1 saturated heterocycles. The third-order valence-electron chi connectivity index (χ3n) is 3.34. The lowest BCUT2D eigenvalue weighted by atomic mass is 10.1. The summed E-state index contributed by atoms with van der Waals surface area (Å²) in [6.07, 6.45) is 2.67. The van der Waals surface area contributed by atoms with Crippen molar-refractivity contribution in [1.29, 1.82) is 0 Å². The molecule has 14 heavy (non-hydrogen) atoms. The summed E-state index contributed by atoms with van der Waals surface area (Å²) in [7, 11) is 0. The average molecular weight is 201 g/mol. The zero-order valence-corrected chi connectivity index (χ0v) is 8.97. The first kappa shape index (κ1) is 10.4. The number of alkyl halides is 1. The topological polar surface area (TPSA) is 12.5 Å². The Morgan fingerprint density at radius 1 is 1.50 bits per heavy atom. The highest BCUT2D eigenvalue weighted by atomic mass is 19.1. The van der Waals surface area contributed by atoms with Crippen molar-refractivity contribution in [3.63, 3.8) is 0 Å². The largest absolute Gasteiger partial charge is 0.381 e. The smallest absolute Gasteiger partial charge is 0.114 e. The second-order valence-corrected chi connectivity index (χ2v) is 4.76. The van der Waals surface area contributed by atoms with Crippen LogP contribution in [0.5, 0.6) is 0 Å². The zero-order chi connectivity index (χ0) is 10.0. The van der Waals surface area contributed by atoms with Crippen molar-refractivity contribution in [3.05, 3.63) is 0 Å². The van der Waals surface area contributed by atoms with Crippen molar-refractivity contribution in [2.24, 2.45) is 5.41 Å². The van der Waals surface area contributed by atoms with Crippen LogP contribution in [0.15, 0.2) is 0 Å². The molecule has 0 bridgehead atoms. The Hall–Kier alpha value is -0.150. The molecule has 2 nitrogen and oxygen atoms in total. The number of hydrogen-bond acceptors (Lipinski definition) is 2. The molecule has 1 atom stereocenters. The van der Waals surface area contributed by atoms with E-state index in [0.29, 0.717) is 12.0 Å². The van der Waals surface area contributed by atoms with Crippen LogP contribution in [0, 0.1) is 5.41 Å². The quantitative estimate of drug-likeness (QED) is 0.673. The molecule has 2 rings (SSSR count). The van der Waals surface area contributed by atoms with Crippen molar-refractivity contribution < 1.29 is 9.13 Å². The van der Waals surface area contributed by atoms with Crippen LogP contribution in [0.3, 0.4) is 0 Å². The van der Waals surface area contributed by atoms with E-state index in [0.717, 1.165) is 32.7 Å². The lowest BCUT2D eigenvalue weighted by Gasteiger charge is -2.22. The molecule has 2 aliphatic rings. The molecule has 2 fully saturated rings. The van der Waals surface area contributed by atoms with Crippen LogP contribution in [0.25, 0.3) is 0 Å². The normalized spacial score (nSPS) is 30.9. The number of nitrogens with zero attached hydrogens (tertiary/aromatic N) is 1. The van der Waals surface area contributed by atoms with Gasteiger partial charge in [-0.3, -0.25) is 4.90 Å². The average Bonchev–Trinajstić information content (AvgIpc) is 2.81. The standard InChI is InChI=1S/C11H20FNO/c1-2-14-9-11(4-5-11)8-13-6-3-10(12)7-13/h10H,2-9H2,1H3/t10-/m1/s1. The fourth-order valence-corrected chi connectivity index (χ4v) is 2.25. The predicted octanol–water partition coefficient (Wildman–Crippen LogP) is 1.85. The second-order valence-electron chi connectivity index (χ2n) is 4.76. The molecule has 1 saturated carbocycles. The first-order valence-corrected chi connectivity index (χ1v) is 5.68. The number of halogens is 1. The van der Waals surface area contributed by atoms with Gasteiger partial charge in [0, 0.05) is 31.7 Å². The highest BCUT2D eigenvalue weighted by Crippen LogP contribution is 2.46. The fourth-order valence-electron chi connectivity index (χ4n) is 2.25. The van der Waals surface area contributed by atoms with E-state index in [1.54, 1.807) is 0 Å². The number of rotatable bonds is 5. The Bertz CT molecular complexity index is 194. The Morgan fingerprint density at radius 3 is 2.79 bits per heavy atom. The molecule has 3 heteroatoms. The molecule has 0 aromatic heterocycles. The molecule has 0 N–H and O–H groups in total. The van der Waals surface area contributed by atoms with Gasteiger partial charge in [0.05, 0.1) is 6.61 Å². The molecule has 0 spiro atoms. The van der Waals surface area contributed by atoms with Gasteiger partial charge in [0.2, 0.25) is 0 Å². The molecule has 1 aliphatic heterocycles. The summed E-state index contributed by atoms with van der Waals surface area (Å²) in [4.78, 5) is 2.26. The van der Waals surface area contributed by atoms with Crippen molar-refractivity contribution in [2.45, 2.75) is 32.4 Å². The maximum Gasteiger partial charge on any atom is 0.114 e. The van der Waals surface area contributed by atoms with E-state index in [1.165, 1.54) is 12.8 Å². The van der Waals surface area contributed by atoms with Crippen molar-refractivity contribution >= 4 is 0 Å². The second kappa shape index (κ2) is 4.15. The summed E-state index contributed by atoms with van der Waals surface area (Å²) in [5.41, 5.74) is 0.389. The van der Waals surface area contributed by atoms with E-state index < -0.39 is 6.17 Å². The van der Waals surface area contributed by atoms with Gasteiger partial charge in [0.1, 0.15) is 6.17 Å². The van der Waals surface area contributed by atoms with Crippen LogP contribution < -0.4 is 0 Å². The van der Waals surface area contributed by atoms with Gasteiger partial charge in [-0.05, 0) is 26.2 Å². The molecule has 0 unspecified atom stereocenters. The van der Waals surface area contributed by atoms with Crippen molar-refractivity contribution in [1.82, 2.24) is 4.90 Å². The first-order valence-electron chi connectivity index (χ1n) is 5.68. The Labute approximate surface area is 85.4 Å². The van der Waals surface area contributed by atoms with Crippen LogP contribution in [-0.2, 0) is 4.74 Å². The summed E-state index contributed by atoms with van der Waals surface area (Å²) in [6, 6.07) is 0. The van der Waals surface area contributed by atoms with Gasteiger partial charge in [0.15, 0.2) is 0 Å². The highest BCUT2D eigenvalue weighted by Gasteiger charge is 2.44. The van der Waals surface area contributed by atoms with Crippen molar-refractivity contribution in [2.75, 3.05) is 32.8 Å². The van der Waals surface area contributed by atoms with Crippen molar-refractivity contribution in [3.8, 4) is 0 Å². The highest BCUT2D eigenvalue weighted by molar-refractivity contribution is 4.96.